The standard InChI is InChI=1S/C10H16N2O2S/c1-7(3-4-10(13)14)11-5-9-6-15-8(2)12-9/h6-7,11H,3-5H2,1-2H3,(H,13,14). The van der Waals surface area contributed by atoms with E-state index in [1.807, 2.05) is 19.2 Å². The molecule has 0 aliphatic heterocycles. The van der Waals surface area contributed by atoms with Gasteiger partial charge >= 0.3 is 5.97 Å². The zero-order valence-corrected chi connectivity index (χ0v) is 9.80. The van der Waals surface area contributed by atoms with E-state index in [2.05, 4.69) is 10.3 Å². The third-order valence-corrected chi connectivity index (χ3v) is 2.91. The second-order valence-corrected chi connectivity index (χ2v) is 4.63. The molecule has 1 unspecified atom stereocenters. The third kappa shape index (κ3) is 4.90. The molecule has 1 aromatic rings. The highest BCUT2D eigenvalue weighted by Crippen LogP contribution is 2.08. The minimum atomic E-state index is -0.742. The summed E-state index contributed by atoms with van der Waals surface area (Å²) in [4.78, 5) is 14.7. The number of carbonyl (C=O) groups is 1. The first-order chi connectivity index (χ1) is 7.08. The number of hydrogen-bond acceptors (Lipinski definition) is 4. The number of nitrogens with one attached hydrogen (secondary N) is 1. The van der Waals surface area contributed by atoms with Crippen molar-refractivity contribution >= 4 is 17.3 Å². The Morgan fingerprint density at radius 1 is 1.73 bits per heavy atom. The molecule has 1 heterocycles. The molecular formula is C10H16N2O2S. The molecule has 5 heteroatoms. The van der Waals surface area contributed by atoms with E-state index in [0.717, 1.165) is 10.7 Å². The van der Waals surface area contributed by atoms with Crippen molar-refractivity contribution in [3.8, 4) is 0 Å². The van der Waals surface area contributed by atoms with E-state index < -0.39 is 5.97 Å². The molecule has 0 saturated carbocycles. The number of nitrogens with zero attached hydrogens (tertiary/aromatic N) is 1. The van der Waals surface area contributed by atoms with Gasteiger partial charge in [-0.2, -0.15) is 0 Å². The van der Waals surface area contributed by atoms with Gasteiger partial charge in [0.25, 0.3) is 0 Å². The van der Waals surface area contributed by atoms with Gasteiger partial charge in [-0.25, -0.2) is 4.98 Å². The third-order valence-electron chi connectivity index (χ3n) is 2.09. The monoisotopic (exact) mass is 228 g/mol. The van der Waals surface area contributed by atoms with Crippen LogP contribution in [0.5, 0.6) is 0 Å². The van der Waals surface area contributed by atoms with Gasteiger partial charge in [-0.15, -0.1) is 11.3 Å². The second-order valence-electron chi connectivity index (χ2n) is 3.57. The van der Waals surface area contributed by atoms with Crippen LogP contribution in [-0.2, 0) is 11.3 Å². The number of aliphatic carboxylic acids is 1. The van der Waals surface area contributed by atoms with Gasteiger partial charge < -0.3 is 10.4 Å². The molecule has 0 aromatic carbocycles. The smallest absolute Gasteiger partial charge is 0.303 e. The van der Waals surface area contributed by atoms with Crippen LogP contribution in [0.25, 0.3) is 0 Å². The van der Waals surface area contributed by atoms with E-state index in [0.29, 0.717) is 13.0 Å². The van der Waals surface area contributed by atoms with Crippen LogP contribution < -0.4 is 5.32 Å². The Kier molecular flexibility index (Phi) is 4.71. The summed E-state index contributed by atoms with van der Waals surface area (Å²) in [7, 11) is 0. The predicted octanol–water partition coefficient (Wildman–Crippen LogP) is 1.79. The Hall–Kier alpha value is -0.940. The molecule has 0 aliphatic carbocycles. The highest BCUT2D eigenvalue weighted by Gasteiger charge is 2.05. The maximum Gasteiger partial charge on any atom is 0.303 e. The minimum Gasteiger partial charge on any atom is -0.481 e. The summed E-state index contributed by atoms with van der Waals surface area (Å²) in [6.45, 7) is 4.68. The first-order valence-electron chi connectivity index (χ1n) is 4.94. The average molecular weight is 228 g/mol. The van der Waals surface area contributed by atoms with Gasteiger partial charge in [0.1, 0.15) is 0 Å². The van der Waals surface area contributed by atoms with Gasteiger partial charge in [-0.3, -0.25) is 4.79 Å². The van der Waals surface area contributed by atoms with Crippen LogP contribution in [0, 0.1) is 6.92 Å². The Morgan fingerprint density at radius 3 is 3.00 bits per heavy atom. The lowest BCUT2D eigenvalue weighted by Crippen LogP contribution is -2.26. The summed E-state index contributed by atoms with van der Waals surface area (Å²) in [6.07, 6.45) is 0.864. The fraction of sp³-hybridized carbons (Fsp3) is 0.600. The van der Waals surface area contributed by atoms with Crippen molar-refractivity contribution in [2.75, 3.05) is 0 Å². The molecule has 0 bridgehead atoms. The Balaban J connectivity index is 2.22. The number of aryl methyl sites for hydroxylation is 1. The zero-order valence-electron chi connectivity index (χ0n) is 8.99. The van der Waals surface area contributed by atoms with Crippen molar-refractivity contribution in [3.05, 3.63) is 16.1 Å². The van der Waals surface area contributed by atoms with Crippen molar-refractivity contribution in [3.63, 3.8) is 0 Å². The molecule has 4 nitrogen and oxygen atoms in total. The molecule has 84 valence electrons. The molecule has 0 saturated heterocycles. The van der Waals surface area contributed by atoms with Gasteiger partial charge in [0.2, 0.25) is 0 Å². The molecule has 1 atom stereocenters. The lowest BCUT2D eigenvalue weighted by Gasteiger charge is -2.10. The van der Waals surface area contributed by atoms with Crippen LogP contribution >= 0.6 is 11.3 Å². The predicted molar refractivity (Wildman–Crippen MR) is 60.0 cm³/mol. The molecule has 1 aromatic heterocycles. The molecule has 0 spiro atoms. The van der Waals surface area contributed by atoms with Crippen LogP contribution in [-0.4, -0.2) is 22.1 Å². The largest absolute Gasteiger partial charge is 0.481 e. The normalized spacial score (nSPS) is 12.7. The SMILES string of the molecule is Cc1nc(CNC(C)CCC(=O)O)cs1. The van der Waals surface area contributed by atoms with E-state index >= 15 is 0 Å². The maximum atomic E-state index is 10.3. The Bertz CT molecular complexity index is 325. The topological polar surface area (TPSA) is 62.2 Å². The number of aromatic nitrogens is 1. The number of carboxylic acid groups (broad SMARTS) is 1. The summed E-state index contributed by atoms with van der Waals surface area (Å²) in [5, 5.41) is 14.8. The first-order valence-corrected chi connectivity index (χ1v) is 5.82. The van der Waals surface area contributed by atoms with Gasteiger partial charge in [0.05, 0.1) is 10.7 Å². The van der Waals surface area contributed by atoms with E-state index in [1.165, 1.54) is 0 Å². The minimum absolute atomic E-state index is 0.211. The molecule has 2 N–H and O–H groups in total. The molecular weight excluding hydrogens is 212 g/mol. The molecule has 0 fully saturated rings. The van der Waals surface area contributed by atoms with Crippen molar-refractivity contribution in [2.24, 2.45) is 0 Å². The van der Waals surface area contributed by atoms with Crippen molar-refractivity contribution in [1.29, 1.82) is 0 Å². The molecule has 1 rings (SSSR count). The maximum absolute atomic E-state index is 10.3. The Labute approximate surface area is 93.4 Å². The fourth-order valence-electron chi connectivity index (χ4n) is 1.21. The van der Waals surface area contributed by atoms with E-state index in [-0.39, 0.29) is 12.5 Å². The van der Waals surface area contributed by atoms with Crippen molar-refractivity contribution < 1.29 is 9.90 Å². The van der Waals surface area contributed by atoms with Crippen LogP contribution in [0.4, 0.5) is 0 Å². The quantitative estimate of drug-likeness (QED) is 0.779. The van der Waals surface area contributed by atoms with Gasteiger partial charge in [-0.05, 0) is 20.3 Å². The number of thiazole rings is 1. The van der Waals surface area contributed by atoms with Crippen molar-refractivity contribution in [2.45, 2.75) is 39.3 Å². The number of carboxylic acids is 1. The summed E-state index contributed by atoms with van der Waals surface area (Å²) in [5.74, 6) is -0.742. The van der Waals surface area contributed by atoms with Crippen molar-refractivity contribution in [1.82, 2.24) is 10.3 Å². The summed E-state index contributed by atoms with van der Waals surface area (Å²) >= 11 is 1.63. The van der Waals surface area contributed by atoms with E-state index in [4.69, 9.17) is 5.11 Å². The van der Waals surface area contributed by atoms with Gasteiger partial charge in [0, 0.05) is 24.4 Å². The van der Waals surface area contributed by atoms with Crippen LogP contribution in [0.1, 0.15) is 30.5 Å². The summed E-state index contributed by atoms with van der Waals surface area (Å²) in [5.41, 5.74) is 1.03. The Morgan fingerprint density at radius 2 is 2.47 bits per heavy atom. The number of hydrogen-bond donors (Lipinski definition) is 2. The second kappa shape index (κ2) is 5.82. The zero-order chi connectivity index (χ0) is 11.3. The van der Waals surface area contributed by atoms with Crippen LogP contribution in [0.2, 0.25) is 0 Å². The van der Waals surface area contributed by atoms with Gasteiger partial charge in [0.15, 0.2) is 0 Å². The summed E-state index contributed by atoms with van der Waals surface area (Å²) in [6, 6.07) is 0.211. The van der Waals surface area contributed by atoms with Crippen LogP contribution in [0.15, 0.2) is 5.38 Å². The molecule has 15 heavy (non-hydrogen) atoms. The molecule has 0 radical (unpaired) electrons. The number of rotatable bonds is 6. The molecule has 0 aliphatic rings. The van der Waals surface area contributed by atoms with E-state index in [9.17, 15) is 4.79 Å². The average Bonchev–Trinajstić information content (AvgIpc) is 2.58. The summed E-state index contributed by atoms with van der Waals surface area (Å²) < 4.78 is 0. The van der Waals surface area contributed by atoms with E-state index in [1.54, 1.807) is 11.3 Å². The lowest BCUT2D eigenvalue weighted by atomic mass is 10.2. The molecule has 0 amide bonds. The highest BCUT2D eigenvalue weighted by molar-refractivity contribution is 7.09. The fourth-order valence-corrected chi connectivity index (χ4v) is 1.82. The lowest BCUT2D eigenvalue weighted by molar-refractivity contribution is -0.137. The highest BCUT2D eigenvalue weighted by atomic mass is 32.1. The first kappa shape index (κ1) is 12.1. The van der Waals surface area contributed by atoms with Crippen LogP contribution in [0.3, 0.4) is 0 Å². The van der Waals surface area contributed by atoms with Gasteiger partial charge in [-0.1, -0.05) is 0 Å².